The normalized spacial score (nSPS) is 16.3. The Kier molecular flexibility index (Phi) is 5.49. The molecule has 0 bridgehead atoms. The zero-order valence-corrected chi connectivity index (χ0v) is 15.7. The van der Waals surface area contributed by atoms with E-state index in [0.717, 1.165) is 33.7 Å². The molecule has 1 N–H and O–H groups in total. The smallest absolute Gasteiger partial charge is 0.279 e. The molecule has 0 aromatic carbocycles. The fourth-order valence-corrected chi connectivity index (χ4v) is 3.59. The predicted octanol–water partition coefficient (Wildman–Crippen LogP) is 0.732. The zero-order chi connectivity index (χ0) is 18.7. The van der Waals surface area contributed by atoms with Crippen molar-refractivity contribution in [3.05, 3.63) is 36.3 Å². The lowest BCUT2D eigenvalue weighted by atomic mass is 9.92. The number of carbonyl (C=O) groups is 1. The first-order chi connectivity index (χ1) is 12.4. The van der Waals surface area contributed by atoms with E-state index in [9.17, 15) is 13.2 Å². The number of amides is 1. The van der Waals surface area contributed by atoms with Gasteiger partial charge in [0.15, 0.2) is 0 Å². The van der Waals surface area contributed by atoms with Crippen LogP contribution >= 0.6 is 0 Å². The van der Waals surface area contributed by atoms with Crippen LogP contribution in [-0.4, -0.2) is 67.2 Å². The summed E-state index contributed by atoms with van der Waals surface area (Å²) in [6.07, 6.45) is 5.21. The highest BCUT2D eigenvalue weighted by Gasteiger charge is 2.25. The number of fused-ring (bicyclic) bond motifs is 1. The molecule has 140 valence electrons. The SMILES string of the molecule is CN(C)S(=O)(=O)NCC(=O)N1CCC(c2cc3ncccc3cn2)CC1. The van der Waals surface area contributed by atoms with Gasteiger partial charge in [0.25, 0.3) is 10.2 Å². The van der Waals surface area contributed by atoms with Gasteiger partial charge in [-0.1, -0.05) is 0 Å². The molecule has 9 heteroatoms. The van der Waals surface area contributed by atoms with Crippen molar-refractivity contribution < 1.29 is 13.2 Å². The maximum absolute atomic E-state index is 12.2. The third kappa shape index (κ3) is 4.17. The number of nitrogens with one attached hydrogen (secondary N) is 1. The molecular weight excluding hydrogens is 354 g/mol. The lowest BCUT2D eigenvalue weighted by molar-refractivity contribution is -0.131. The highest BCUT2D eigenvalue weighted by Crippen LogP contribution is 2.28. The molecule has 1 saturated heterocycles. The summed E-state index contributed by atoms with van der Waals surface area (Å²) in [5.41, 5.74) is 1.92. The summed E-state index contributed by atoms with van der Waals surface area (Å²) in [5, 5.41) is 1.01. The number of rotatable bonds is 5. The van der Waals surface area contributed by atoms with E-state index < -0.39 is 10.2 Å². The Morgan fingerprint density at radius 2 is 2.04 bits per heavy atom. The quantitative estimate of drug-likeness (QED) is 0.829. The van der Waals surface area contributed by atoms with E-state index in [0.29, 0.717) is 13.1 Å². The van der Waals surface area contributed by atoms with E-state index in [1.807, 2.05) is 24.4 Å². The molecule has 2 aromatic heterocycles. The fourth-order valence-electron chi connectivity index (χ4n) is 3.02. The summed E-state index contributed by atoms with van der Waals surface area (Å²) in [6, 6.07) is 5.89. The second-order valence-corrected chi connectivity index (χ2v) is 8.54. The van der Waals surface area contributed by atoms with E-state index in [-0.39, 0.29) is 18.4 Å². The van der Waals surface area contributed by atoms with Crippen molar-refractivity contribution >= 4 is 27.0 Å². The lowest BCUT2D eigenvalue weighted by Gasteiger charge is -2.32. The first-order valence-electron chi connectivity index (χ1n) is 8.52. The van der Waals surface area contributed by atoms with E-state index >= 15 is 0 Å². The number of hydrogen-bond acceptors (Lipinski definition) is 5. The van der Waals surface area contributed by atoms with Crippen molar-refractivity contribution in [2.45, 2.75) is 18.8 Å². The van der Waals surface area contributed by atoms with Crippen LogP contribution in [0.4, 0.5) is 0 Å². The number of hydrogen-bond donors (Lipinski definition) is 1. The van der Waals surface area contributed by atoms with Gasteiger partial charge in [-0.25, -0.2) is 0 Å². The number of likely N-dealkylation sites (tertiary alicyclic amines) is 1. The summed E-state index contributed by atoms with van der Waals surface area (Å²) < 4.78 is 26.7. The van der Waals surface area contributed by atoms with Crippen LogP contribution in [0.1, 0.15) is 24.5 Å². The van der Waals surface area contributed by atoms with Gasteiger partial charge in [0.05, 0.1) is 12.1 Å². The van der Waals surface area contributed by atoms with Gasteiger partial charge in [-0.2, -0.15) is 17.4 Å². The average molecular weight is 377 g/mol. The molecule has 0 aliphatic carbocycles. The van der Waals surface area contributed by atoms with E-state index in [2.05, 4.69) is 14.7 Å². The van der Waals surface area contributed by atoms with Crippen molar-refractivity contribution in [2.24, 2.45) is 0 Å². The molecule has 3 rings (SSSR count). The Hall–Kier alpha value is -2.10. The van der Waals surface area contributed by atoms with Crippen molar-refractivity contribution in [3.63, 3.8) is 0 Å². The molecule has 2 aromatic rings. The topological polar surface area (TPSA) is 95.5 Å². The molecule has 1 amide bonds. The second kappa shape index (κ2) is 7.65. The monoisotopic (exact) mass is 377 g/mol. The van der Waals surface area contributed by atoms with Crippen LogP contribution in [0.2, 0.25) is 0 Å². The first kappa shape index (κ1) is 18.7. The summed E-state index contributed by atoms with van der Waals surface area (Å²) in [6.45, 7) is 0.966. The van der Waals surface area contributed by atoms with Crippen LogP contribution in [0.5, 0.6) is 0 Å². The van der Waals surface area contributed by atoms with Crippen molar-refractivity contribution in [1.82, 2.24) is 23.9 Å². The van der Waals surface area contributed by atoms with Crippen LogP contribution in [-0.2, 0) is 15.0 Å². The van der Waals surface area contributed by atoms with Crippen LogP contribution in [0.25, 0.3) is 10.9 Å². The molecule has 26 heavy (non-hydrogen) atoms. The molecule has 8 nitrogen and oxygen atoms in total. The molecule has 0 unspecified atom stereocenters. The van der Waals surface area contributed by atoms with Gasteiger partial charge in [0.2, 0.25) is 5.91 Å². The Bertz CT molecular complexity index is 892. The molecule has 1 aliphatic rings. The largest absolute Gasteiger partial charge is 0.342 e. The van der Waals surface area contributed by atoms with Gasteiger partial charge in [0, 0.05) is 56.6 Å². The Labute approximate surface area is 153 Å². The van der Waals surface area contributed by atoms with Gasteiger partial charge in [-0.15, -0.1) is 0 Å². The van der Waals surface area contributed by atoms with Crippen LogP contribution in [0, 0.1) is 0 Å². The third-order valence-corrected chi connectivity index (χ3v) is 6.13. The number of aromatic nitrogens is 2. The maximum atomic E-state index is 12.2. The summed E-state index contributed by atoms with van der Waals surface area (Å²) in [4.78, 5) is 22.9. The van der Waals surface area contributed by atoms with Crippen LogP contribution in [0.3, 0.4) is 0 Å². The predicted molar refractivity (Wildman–Crippen MR) is 98.7 cm³/mol. The zero-order valence-electron chi connectivity index (χ0n) is 14.9. The standard InChI is InChI=1S/C17H23N5O3S/c1-21(2)26(24,25)20-12-17(23)22-8-5-13(6-9-22)15-10-16-14(11-19-15)4-3-7-18-16/h3-4,7,10-11,13,20H,5-6,8-9,12H2,1-2H3. The highest BCUT2D eigenvalue weighted by molar-refractivity contribution is 7.87. The summed E-state index contributed by atoms with van der Waals surface area (Å²) >= 11 is 0. The average Bonchev–Trinajstić information content (AvgIpc) is 2.66. The minimum atomic E-state index is -3.59. The third-order valence-electron chi connectivity index (χ3n) is 4.66. The van der Waals surface area contributed by atoms with Crippen LogP contribution in [0.15, 0.2) is 30.6 Å². The minimum absolute atomic E-state index is 0.206. The number of carbonyl (C=O) groups excluding carboxylic acids is 1. The second-order valence-electron chi connectivity index (χ2n) is 6.57. The van der Waals surface area contributed by atoms with Crippen molar-refractivity contribution in [3.8, 4) is 0 Å². The number of nitrogens with zero attached hydrogens (tertiary/aromatic N) is 4. The maximum Gasteiger partial charge on any atom is 0.279 e. The molecule has 0 radical (unpaired) electrons. The Balaban J connectivity index is 1.57. The van der Waals surface area contributed by atoms with E-state index in [1.165, 1.54) is 14.1 Å². The molecule has 1 aliphatic heterocycles. The fraction of sp³-hybridized carbons (Fsp3) is 0.471. The Morgan fingerprint density at radius 3 is 2.73 bits per heavy atom. The first-order valence-corrected chi connectivity index (χ1v) is 9.96. The number of pyridine rings is 2. The van der Waals surface area contributed by atoms with Gasteiger partial charge >= 0.3 is 0 Å². The highest BCUT2D eigenvalue weighted by atomic mass is 32.2. The molecule has 3 heterocycles. The minimum Gasteiger partial charge on any atom is -0.342 e. The van der Waals surface area contributed by atoms with Gasteiger partial charge in [0.1, 0.15) is 0 Å². The summed E-state index contributed by atoms with van der Waals surface area (Å²) in [5.74, 6) is 0.0749. The Morgan fingerprint density at radius 1 is 1.31 bits per heavy atom. The van der Waals surface area contributed by atoms with E-state index in [1.54, 1.807) is 11.1 Å². The van der Waals surface area contributed by atoms with Gasteiger partial charge in [-0.3, -0.25) is 14.8 Å². The van der Waals surface area contributed by atoms with E-state index in [4.69, 9.17) is 0 Å². The summed E-state index contributed by atoms with van der Waals surface area (Å²) in [7, 11) is -0.747. The van der Waals surface area contributed by atoms with Crippen molar-refractivity contribution in [2.75, 3.05) is 33.7 Å². The molecule has 0 atom stereocenters. The molecule has 1 fully saturated rings. The van der Waals surface area contributed by atoms with Crippen molar-refractivity contribution in [1.29, 1.82) is 0 Å². The lowest BCUT2D eigenvalue weighted by Crippen LogP contribution is -2.46. The number of piperidine rings is 1. The van der Waals surface area contributed by atoms with Crippen LogP contribution < -0.4 is 4.72 Å². The van der Waals surface area contributed by atoms with Gasteiger partial charge < -0.3 is 4.90 Å². The molecule has 0 spiro atoms. The van der Waals surface area contributed by atoms with Gasteiger partial charge in [-0.05, 0) is 31.0 Å². The molecular formula is C17H23N5O3S. The molecule has 0 saturated carbocycles.